The second-order valence-corrected chi connectivity index (χ2v) is 4.52. The summed E-state index contributed by atoms with van der Waals surface area (Å²) in [6.07, 6.45) is -2.81. The Morgan fingerprint density at radius 3 is 2.26 bits per heavy atom. The summed E-state index contributed by atoms with van der Waals surface area (Å²) < 4.78 is 24.8. The van der Waals surface area contributed by atoms with Crippen molar-refractivity contribution in [3.8, 4) is 0 Å². The maximum absolute atomic E-state index is 12.4. The molecule has 0 radical (unpaired) electrons. The van der Waals surface area contributed by atoms with Gasteiger partial charge in [-0.15, -0.1) is 0 Å². The van der Waals surface area contributed by atoms with E-state index in [0.29, 0.717) is 10.6 Å². The Bertz CT molecular complexity index is 578. The number of rotatable bonds is 3. The number of aliphatic hydroxyl groups excluding tert-OH is 1. The first-order valence-electron chi connectivity index (χ1n) is 5.23. The summed E-state index contributed by atoms with van der Waals surface area (Å²) >= 11 is 11.5. The molecule has 2 rings (SSSR count). The number of hydrogen-bond donors (Lipinski definition) is 1. The average Bonchev–Trinajstić information content (AvgIpc) is 2.38. The minimum atomic E-state index is -2.81. The van der Waals surface area contributed by atoms with E-state index in [0.717, 1.165) is 6.20 Å². The van der Waals surface area contributed by atoms with Gasteiger partial charge in [0.15, 0.2) is 5.82 Å². The fourth-order valence-electron chi connectivity index (χ4n) is 1.50. The van der Waals surface area contributed by atoms with Crippen LogP contribution in [0.1, 0.15) is 29.5 Å². The summed E-state index contributed by atoms with van der Waals surface area (Å²) in [6, 6.07) is 6.40. The first kappa shape index (κ1) is 14.1. The van der Waals surface area contributed by atoms with Gasteiger partial charge in [-0.05, 0) is 17.7 Å². The molecule has 3 nitrogen and oxygen atoms in total. The van der Waals surface area contributed by atoms with Gasteiger partial charge in [-0.3, -0.25) is 0 Å². The van der Waals surface area contributed by atoms with Crippen LogP contribution in [0.3, 0.4) is 0 Å². The van der Waals surface area contributed by atoms with E-state index in [4.69, 9.17) is 23.2 Å². The topological polar surface area (TPSA) is 46.0 Å². The van der Waals surface area contributed by atoms with Crippen LogP contribution in [-0.4, -0.2) is 15.1 Å². The van der Waals surface area contributed by atoms with Crippen LogP contribution in [-0.2, 0) is 0 Å². The van der Waals surface area contributed by atoms with Gasteiger partial charge in [-0.2, -0.15) is 0 Å². The van der Waals surface area contributed by atoms with E-state index in [1.807, 2.05) is 0 Å². The maximum atomic E-state index is 12.4. The number of aliphatic hydroxyl groups is 1. The van der Waals surface area contributed by atoms with Crippen molar-refractivity contribution in [2.24, 2.45) is 0 Å². The molecule has 0 amide bonds. The minimum absolute atomic E-state index is 0.161. The molecule has 1 unspecified atom stereocenters. The van der Waals surface area contributed by atoms with Gasteiger partial charge < -0.3 is 5.11 Å². The standard InChI is InChI=1S/C12H8Cl2F2N2O/c13-7-3-1-6(2-4-7)9(19)8-5-17-12(11(15)16)18-10(8)14/h1-5,9,11,19H. The van der Waals surface area contributed by atoms with Gasteiger partial charge in [0.2, 0.25) is 0 Å². The van der Waals surface area contributed by atoms with Crippen molar-refractivity contribution >= 4 is 23.2 Å². The van der Waals surface area contributed by atoms with Crippen LogP contribution in [0.4, 0.5) is 8.78 Å². The monoisotopic (exact) mass is 304 g/mol. The third-order valence-electron chi connectivity index (χ3n) is 2.46. The molecule has 0 aliphatic carbocycles. The zero-order valence-corrected chi connectivity index (χ0v) is 10.9. The van der Waals surface area contributed by atoms with Crippen LogP contribution in [0.25, 0.3) is 0 Å². The fraction of sp³-hybridized carbons (Fsp3) is 0.167. The predicted octanol–water partition coefficient (Wildman–Crippen LogP) is 3.80. The van der Waals surface area contributed by atoms with Crippen molar-refractivity contribution in [3.05, 3.63) is 57.6 Å². The van der Waals surface area contributed by atoms with Gasteiger partial charge in [0, 0.05) is 16.8 Å². The summed E-state index contributed by atoms with van der Waals surface area (Å²) in [5, 5.41) is 10.4. The Morgan fingerprint density at radius 2 is 1.74 bits per heavy atom. The highest BCUT2D eigenvalue weighted by molar-refractivity contribution is 6.30. The highest BCUT2D eigenvalue weighted by Gasteiger charge is 2.19. The van der Waals surface area contributed by atoms with Crippen LogP contribution < -0.4 is 0 Å². The fourth-order valence-corrected chi connectivity index (χ4v) is 1.86. The molecule has 0 saturated carbocycles. The van der Waals surface area contributed by atoms with E-state index in [1.54, 1.807) is 24.3 Å². The highest BCUT2D eigenvalue weighted by atomic mass is 35.5. The van der Waals surface area contributed by atoms with Gasteiger partial charge in [-0.1, -0.05) is 35.3 Å². The molecule has 0 saturated heterocycles. The number of hydrogen-bond acceptors (Lipinski definition) is 3. The van der Waals surface area contributed by atoms with Crippen molar-refractivity contribution in [3.63, 3.8) is 0 Å². The Morgan fingerprint density at radius 1 is 1.11 bits per heavy atom. The summed E-state index contributed by atoms with van der Waals surface area (Å²) in [4.78, 5) is 6.93. The van der Waals surface area contributed by atoms with Crippen molar-refractivity contribution in [1.29, 1.82) is 0 Å². The molecule has 7 heteroatoms. The lowest BCUT2D eigenvalue weighted by molar-refractivity contribution is 0.139. The summed E-state index contributed by atoms with van der Waals surface area (Å²) in [5.41, 5.74) is 0.674. The smallest absolute Gasteiger partial charge is 0.297 e. The number of alkyl halides is 2. The SMILES string of the molecule is OC(c1ccc(Cl)cc1)c1cnc(C(F)F)nc1Cl. The zero-order chi connectivity index (χ0) is 14.0. The van der Waals surface area contributed by atoms with Crippen LogP contribution in [0.5, 0.6) is 0 Å². The summed E-state index contributed by atoms with van der Waals surface area (Å²) in [5.74, 6) is -0.669. The molecule has 1 N–H and O–H groups in total. The van der Waals surface area contributed by atoms with Gasteiger partial charge in [0.25, 0.3) is 6.43 Å². The predicted molar refractivity (Wildman–Crippen MR) is 67.5 cm³/mol. The lowest BCUT2D eigenvalue weighted by Gasteiger charge is -2.12. The molecular weight excluding hydrogens is 297 g/mol. The normalized spacial score (nSPS) is 12.7. The van der Waals surface area contributed by atoms with E-state index in [2.05, 4.69) is 9.97 Å². The first-order chi connectivity index (χ1) is 8.99. The molecule has 0 spiro atoms. The number of nitrogens with zero attached hydrogens (tertiary/aromatic N) is 2. The van der Waals surface area contributed by atoms with Crippen molar-refractivity contribution < 1.29 is 13.9 Å². The molecule has 2 aromatic rings. The van der Waals surface area contributed by atoms with Gasteiger partial charge >= 0.3 is 0 Å². The van der Waals surface area contributed by atoms with E-state index in [-0.39, 0.29) is 10.7 Å². The molecule has 0 aliphatic heterocycles. The molecule has 1 aromatic carbocycles. The second-order valence-electron chi connectivity index (χ2n) is 3.73. The Kier molecular flexibility index (Phi) is 4.29. The minimum Gasteiger partial charge on any atom is -0.383 e. The van der Waals surface area contributed by atoms with Crippen molar-refractivity contribution in [2.75, 3.05) is 0 Å². The third-order valence-corrected chi connectivity index (χ3v) is 3.02. The van der Waals surface area contributed by atoms with Crippen LogP contribution in [0.15, 0.2) is 30.5 Å². The van der Waals surface area contributed by atoms with Crippen LogP contribution >= 0.6 is 23.2 Å². The molecule has 0 fully saturated rings. The van der Waals surface area contributed by atoms with Gasteiger partial charge in [-0.25, -0.2) is 18.7 Å². The number of halogens is 4. The first-order valence-corrected chi connectivity index (χ1v) is 5.98. The second kappa shape index (κ2) is 5.77. The van der Waals surface area contributed by atoms with E-state index in [9.17, 15) is 13.9 Å². The summed E-state index contributed by atoms with van der Waals surface area (Å²) in [6.45, 7) is 0. The molecule has 0 aliphatic rings. The molecule has 0 bridgehead atoms. The molecule has 19 heavy (non-hydrogen) atoms. The number of benzene rings is 1. The van der Waals surface area contributed by atoms with Crippen LogP contribution in [0, 0.1) is 0 Å². The summed E-state index contributed by atoms with van der Waals surface area (Å²) in [7, 11) is 0. The largest absolute Gasteiger partial charge is 0.383 e. The number of aromatic nitrogens is 2. The van der Waals surface area contributed by atoms with Gasteiger partial charge in [0.05, 0.1) is 0 Å². The molecule has 1 heterocycles. The van der Waals surface area contributed by atoms with Crippen molar-refractivity contribution in [1.82, 2.24) is 9.97 Å². The Balaban J connectivity index is 2.33. The Hall–Kier alpha value is -1.30. The molecular formula is C12H8Cl2F2N2O. The zero-order valence-electron chi connectivity index (χ0n) is 9.39. The average molecular weight is 305 g/mol. The maximum Gasteiger partial charge on any atom is 0.297 e. The molecule has 1 aromatic heterocycles. The van der Waals surface area contributed by atoms with E-state index in [1.165, 1.54) is 0 Å². The van der Waals surface area contributed by atoms with E-state index < -0.39 is 18.4 Å². The highest BCUT2D eigenvalue weighted by Crippen LogP contribution is 2.28. The lowest BCUT2D eigenvalue weighted by Crippen LogP contribution is -2.05. The Labute approximate surface area is 117 Å². The molecule has 1 atom stereocenters. The van der Waals surface area contributed by atoms with Crippen molar-refractivity contribution in [2.45, 2.75) is 12.5 Å². The van der Waals surface area contributed by atoms with Gasteiger partial charge in [0.1, 0.15) is 11.3 Å². The van der Waals surface area contributed by atoms with Crippen LogP contribution in [0.2, 0.25) is 10.2 Å². The third kappa shape index (κ3) is 3.18. The quantitative estimate of drug-likeness (QED) is 0.877. The molecule has 100 valence electrons. The van der Waals surface area contributed by atoms with E-state index >= 15 is 0 Å². The lowest BCUT2D eigenvalue weighted by atomic mass is 10.0.